The second-order valence-corrected chi connectivity index (χ2v) is 13.3. The summed E-state index contributed by atoms with van der Waals surface area (Å²) in [5, 5.41) is 0. The molecule has 0 unspecified atom stereocenters. The summed E-state index contributed by atoms with van der Waals surface area (Å²) < 4.78 is 147. The second kappa shape index (κ2) is 10.4. The van der Waals surface area contributed by atoms with Gasteiger partial charge in [0.15, 0.2) is 58.2 Å². The topological polar surface area (TPSA) is 9.23 Å². The third kappa shape index (κ3) is 5.38. The molecule has 0 fully saturated rings. The molecule has 0 saturated heterocycles. The van der Waals surface area contributed by atoms with Crippen LogP contribution < -0.4 is 12.6 Å². The molecule has 0 N–H and O–H groups in total. The Morgan fingerprint density at radius 2 is 0.744 bits per heavy atom. The van der Waals surface area contributed by atoms with Crippen LogP contribution in [0.4, 0.5) is 43.9 Å². The van der Waals surface area contributed by atoms with Crippen LogP contribution in [-0.4, -0.2) is 14.5 Å². The largest absolute Gasteiger partial charge is 0.643 e. The van der Waals surface area contributed by atoms with Gasteiger partial charge < -0.3 is 3.79 Å². The average Bonchev–Trinajstić information content (AvgIpc) is 2.83. The summed E-state index contributed by atoms with van der Waals surface area (Å²) in [6.45, 7) is 11.8. The van der Waals surface area contributed by atoms with Crippen LogP contribution in [0.5, 0.6) is 5.75 Å². The molecule has 0 radical (unpaired) electrons. The molecule has 0 atom stereocenters. The summed E-state index contributed by atoms with van der Waals surface area (Å²) in [5.41, 5.74) is -0.377. The lowest BCUT2D eigenvalue weighted by Crippen LogP contribution is -2.55. The Morgan fingerprint density at radius 3 is 1.00 bits per heavy atom. The Kier molecular flexibility index (Phi) is 8.19. The van der Waals surface area contributed by atoms with Crippen LogP contribution in [-0.2, 0) is 10.8 Å². The number of benzene rings is 3. The highest BCUT2D eigenvalue weighted by Gasteiger charge is 2.47. The smallest absolute Gasteiger partial charge is 0.636 e. The first-order valence-electron chi connectivity index (χ1n) is 11.6. The van der Waals surface area contributed by atoms with Gasteiger partial charge in [0.25, 0.3) is 0 Å². The van der Waals surface area contributed by atoms with Gasteiger partial charge >= 0.3 is 14.5 Å². The standard InChI is InChI=1S/C15H24O.2C6F5.Al/c1-10-8-11(14(2,3)4)13(16)12(9-10)15(5,6)7;2*7-2-1-3(8)5(10)6(11)4(2)9;/h8-9,16H,1-7H3;;;/q;;;+1/p-1. The van der Waals surface area contributed by atoms with Gasteiger partial charge in [-0.25, -0.2) is 43.9 Å². The van der Waals surface area contributed by atoms with Gasteiger partial charge in [0.1, 0.15) is 0 Å². The molecule has 1 nitrogen and oxygen atoms in total. The van der Waals surface area contributed by atoms with Crippen molar-refractivity contribution in [2.45, 2.75) is 59.3 Å². The van der Waals surface area contributed by atoms with Crippen LogP contribution in [0, 0.1) is 65.1 Å². The van der Waals surface area contributed by atoms with Crippen LogP contribution in [0.1, 0.15) is 58.2 Å². The van der Waals surface area contributed by atoms with Gasteiger partial charge in [-0.1, -0.05) is 59.2 Å². The third-order valence-corrected chi connectivity index (χ3v) is 8.63. The van der Waals surface area contributed by atoms with E-state index in [1.54, 1.807) is 60.6 Å². The molecular formula is C27H23AlF10O. The van der Waals surface area contributed by atoms with Crippen LogP contribution >= 0.6 is 0 Å². The number of rotatable bonds is 4. The van der Waals surface area contributed by atoms with Crippen molar-refractivity contribution in [3.05, 3.63) is 87.0 Å². The maximum absolute atomic E-state index is 15.0. The molecule has 3 aromatic carbocycles. The van der Waals surface area contributed by atoms with Crippen LogP contribution in [0.25, 0.3) is 0 Å². The Bertz CT molecular complexity index is 1310. The molecule has 0 aliphatic carbocycles. The molecule has 0 saturated carbocycles. The second-order valence-electron chi connectivity index (χ2n) is 11.2. The van der Waals surface area contributed by atoms with Gasteiger partial charge in [-0.2, -0.15) is 0 Å². The van der Waals surface area contributed by atoms with Crippen molar-refractivity contribution in [2.75, 3.05) is 0 Å². The molecule has 0 aromatic heterocycles. The minimum Gasteiger partial charge on any atom is -0.636 e. The number of aryl methyl sites for hydroxylation is 1. The van der Waals surface area contributed by atoms with E-state index in [4.69, 9.17) is 3.79 Å². The lowest BCUT2D eigenvalue weighted by Gasteiger charge is -2.33. The summed E-state index contributed by atoms with van der Waals surface area (Å²) in [7, 11) is 0. The van der Waals surface area contributed by atoms with E-state index in [1.807, 2.05) is 0 Å². The molecule has 0 bridgehead atoms. The predicted molar refractivity (Wildman–Crippen MR) is 127 cm³/mol. The first kappa shape index (κ1) is 30.8. The highest BCUT2D eigenvalue weighted by atomic mass is 27.2. The highest BCUT2D eigenvalue weighted by Crippen LogP contribution is 2.41. The summed E-state index contributed by atoms with van der Waals surface area (Å²) >= 11 is -5.00. The van der Waals surface area contributed by atoms with Crippen LogP contribution in [0.15, 0.2) is 12.1 Å². The maximum Gasteiger partial charge on any atom is 0.643 e. The fourth-order valence-corrected chi connectivity index (χ4v) is 6.54. The Balaban J connectivity index is 2.57. The SMILES string of the molecule is Cc1cc(C(C)(C)C)c([O][Al]([c]2c(F)c(F)c(F)c(F)c2F)[c]2c(F)c(F)c(F)c(F)c2F)c(C(C)(C)C)c1. The third-order valence-electron chi connectivity index (χ3n) is 6.10. The van der Waals surface area contributed by atoms with Gasteiger partial charge in [0.05, 0.1) is 5.75 Å². The molecule has 0 spiro atoms. The van der Waals surface area contributed by atoms with Crippen molar-refractivity contribution < 1.29 is 47.7 Å². The monoisotopic (exact) mass is 580 g/mol. The van der Waals surface area contributed by atoms with E-state index >= 15 is 17.6 Å². The van der Waals surface area contributed by atoms with Crippen molar-refractivity contribution in [3.63, 3.8) is 0 Å². The van der Waals surface area contributed by atoms with E-state index in [2.05, 4.69) is 0 Å². The summed E-state index contributed by atoms with van der Waals surface area (Å²) in [6, 6.07) is 3.15. The van der Waals surface area contributed by atoms with Crippen molar-refractivity contribution in [2.24, 2.45) is 0 Å². The van der Waals surface area contributed by atoms with Crippen molar-refractivity contribution in [1.82, 2.24) is 0 Å². The van der Waals surface area contributed by atoms with E-state index in [0.29, 0.717) is 16.7 Å². The van der Waals surface area contributed by atoms with E-state index in [1.165, 1.54) is 0 Å². The molecule has 210 valence electrons. The minimum absolute atomic E-state index is 0.231. The molecule has 0 amide bonds. The molecule has 39 heavy (non-hydrogen) atoms. The molecule has 0 aliphatic heterocycles. The molecule has 3 aromatic rings. The van der Waals surface area contributed by atoms with Gasteiger partial charge in [0, 0.05) is 8.85 Å². The molecular weight excluding hydrogens is 557 g/mol. The molecule has 0 heterocycles. The summed E-state index contributed by atoms with van der Waals surface area (Å²) in [5.74, 6) is -25.3. The first-order valence-corrected chi connectivity index (χ1v) is 13.2. The van der Waals surface area contributed by atoms with Crippen molar-refractivity contribution in [3.8, 4) is 5.75 Å². The maximum atomic E-state index is 15.0. The van der Waals surface area contributed by atoms with Gasteiger partial charge in [-0.05, 0) is 28.9 Å². The van der Waals surface area contributed by atoms with Gasteiger partial charge in [-0.3, -0.25) is 0 Å². The zero-order chi connectivity index (χ0) is 29.9. The van der Waals surface area contributed by atoms with Gasteiger partial charge in [-0.15, -0.1) is 0 Å². The fourth-order valence-electron chi connectivity index (χ4n) is 4.10. The van der Waals surface area contributed by atoms with E-state index in [9.17, 15) is 26.3 Å². The van der Waals surface area contributed by atoms with Crippen molar-refractivity contribution >= 4 is 23.3 Å². The lowest BCUT2D eigenvalue weighted by atomic mass is 9.78. The zero-order valence-electron chi connectivity index (χ0n) is 21.9. The number of hydrogen-bond acceptors (Lipinski definition) is 1. The minimum atomic E-state index is -5.00. The van der Waals surface area contributed by atoms with E-state index < -0.39 is 92.3 Å². The highest BCUT2D eigenvalue weighted by molar-refractivity contribution is 6.80. The average molecular weight is 580 g/mol. The Hall–Kier alpha value is -2.71. The zero-order valence-corrected chi connectivity index (χ0v) is 23.1. The van der Waals surface area contributed by atoms with Gasteiger partial charge in [0.2, 0.25) is 0 Å². The van der Waals surface area contributed by atoms with Crippen LogP contribution in [0.2, 0.25) is 0 Å². The number of halogens is 10. The Morgan fingerprint density at radius 1 is 0.487 bits per heavy atom. The quantitative estimate of drug-likeness (QED) is 0.138. The van der Waals surface area contributed by atoms with E-state index in [0.717, 1.165) is 0 Å². The van der Waals surface area contributed by atoms with Crippen LogP contribution in [0.3, 0.4) is 0 Å². The molecule has 0 aliphatic rings. The summed E-state index contributed by atoms with van der Waals surface area (Å²) in [4.78, 5) is 0. The fraction of sp³-hybridized carbons (Fsp3) is 0.333. The number of hydrogen-bond donors (Lipinski definition) is 0. The molecule has 3 rings (SSSR count). The Labute approximate surface area is 223 Å². The first-order chi connectivity index (χ1) is 17.7. The normalized spacial score (nSPS) is 12.2. The predicted octanol–water partition coefficient (Wildman–Crippen LogP) is 7.17. The van der Waals surface area contributed by atoms with E-state index in [-0.39, 0.29) is 5.75 Å². The summed E-state index contributed by atoms with van der Waals surface area (Å²) in [6.07, 6.45) is 0. The van der Waals surface area contributed by atoms with Crippen molar-refractivity contribution in [1.29, 1.82) is 0 Å². The lowest BCUT2D eigenvalue weighted by molar-refractivity contribution is 0.379. The molecule has 12 heteroatoms.